The summed E-state index contributed by atoms with van der Waals surface area (Å²) in [5.74, 6) is -0.888. The molecule has 2 aromatic carbocycles. The molecule has 3 nitrogen and oxygen atoms in total. The molecule has 0 aromatic heterocycles. The highest BCUT2D eigenvalue weighted by atomic mass is 19.1. The highest BCUT2D eigenvalue weighted by molar-refractivity contribution is 5.66. The van der Waals surface area contributed by atoms with Crippen LogP contribution < -0.4 is 10.1 Å². The average Bonchev–Trinajstić information content (AvgIpc) is 2.41. The fourth-order valence-corrected chi connectivity index (χ4v) is 1.62. The zero-order valence-corrected chi connectivity index (χ0v) is 10.1. The summed E-state index contributed by atoms with van der Waals surface area (Å²) in [5.41, 5.74) is 1.01. The molecule has 0 atom stereocenters. The van der Waals surface area contributed by atoms with Gasteiger partial charge in [-0.15, -0.1) is 0 Å². The maximum Gasteiger partial charge on any atom is 0.167 e. The SMILES string of the molecule is COc1ccc(Nc2ccc(F)cc2C#N)cc1F. The molecule has 2 rings (SSSR count). The Kier molecular flexibility index (Phi) is 3.62. The van der Waals surface area contributed by atoms with Crippen LogP contribution in [0.2, 0.25) is 0 Å². The van der Waals surface area contributed by atoms with E-state index in [1.54, 1.807) is 6.07 Å². The van der Waals surface area contributed by atoms with Crippen LogP contribution in [0.15, 0.2) is 36.4 Å². The van der Waals surface area contributed by atoms with Crippen LogP contribution in [0.1, 0.15) is 5.56 Å². The number of halogens is 2. The number of nitrogens with one attached hydrogen (secondary N) is 1. The normalized spacial score (nSPS) is 9.79. The molecule has 0 fully saturated rings. The number of hydrogen-bond donors (Lipinski definition) is 1. The minimum absolute atomic E-state index is 0.130. The van der Waals surface area contributed by atoms with Gasteiger partial charge in [0.1, 0.15) is 11.9 Å². The number of nitriles is 1. The Hall–Kier alpha value is -2.61. The third kappa shape index (κ3) is 2.80. The number of rotatable bonds is 3. The molecule has 0 unspecified atom stereocenters. The van der Waals surface area contributed by atoms with Gasteiger partial charge in [-0.1, -0.05) is 0 Å². The smallest absolute Gasteiger partial charge is 0.167 e. The van der Waals surface area contributed by atoms with Crippen molar-refractivity contribution >= 4 is 11.4 Å². The van der Waals surface area contributed by atoms with Crippen molar-refractivity contribution in [2.75, 3.05) is 12.4 Å². The Morgan fingerprint density at radius 2 is 1.95 bits per heavy atom. The topological polar surface area (TPSA) is 45.0 Å². The molecule has 0 radical (unpaired) electrons. The number of anilines is 2. The summed E-state index contributed by atoms with van der Waals surface area (Å²) in [7, 11) is 1.37. The molecular weight excluding hydrogens is 250 g/mol. The second-order valence-electron chi connectivity index (χ2n) is 3.78. The predicted molar refractivity (Wildman–Crippen MR) is 67.3 cm³/mol. The fraction of sp³-hybridized carbons (Fsp3) is 0.0714. The quantitative estimate of drug-likeness (QED) is 0.917. The van der Waals surface area contributed by atoms with Gasteiger partial charge in [0.25, 0.3) is 0 Å². The van der Waals surface area contributed by atoms with Crippen LogP contribution in [-0.4, -0.2) is 7.11 Å². The van der Waals surface area contributed by atoms with Crippen molar-refractivity contribution in [2.45, 2.75) is 0 Å². The fourth-order valence-electron chi connectivity index (χ4n) is 1.62. The van der Waals surface area contributed by atoms with Gasteiger partial charge in [-0.3, -0.25) is 0 Å². The summed E-state index contributed by atoms with van der Waals surface area (Å²) < 4.78 is 31.3. The minimum atomic E-state index is -0.520. The Morgan fingerprint density at radius 3 is 2.58 bits per heavy atom. The second kappa shape index (κ2) is 5.36. The molecule has 96 valence electrons. The molecule has 1 N–H and O–H groups in total. The monoisotopic (exact) mass is 260 g/mol. The minimum Gasteiger partial charge on any atom is -0.494 e. The third-order valence-electron chi connectivity index (χ3n) is 2.53. The van der Waals surface area contributed by atoms with Gasteiger partial charge in [-0.25, -0.2) is 8.78 Å². The summed E-state index contributed by atoms with van der Waals surface area (Å²) in [5, 5.41) is 11.8. The Balaban J connectivity index is 2.31. The molecule has 2 aromatic rings. The van der Waals surface area contributed by atoms with E-state index in [1.165, 1.54) is 31.4 Å². The van der Waals surface area contributed by atoms with Crippen LogP contribution in [-0.2, 0) is 0 Å². The van der Waals surface area contributed by atoms with E-state index in [0.717, 1.165) is 6.07 Å². The summed E-state index contributed by atoms with van der Waals surface area (Å²) in [6, 6.07) is 9.95. The lowest BCUT2D eigenvalue weighted by Crippen LogP contribution is -1.96. The van der Waals surface area contributed by atoms with E-state index >= 15 is 0 Å². The zero-order chi connectivity index (χ0) is 13.8. The molecule has 0 heterocycles. The highest BCUT2D eigenvalue weighted by Gasteiger charge is 2.07. The molecule has 0 bridgehead atoms. The molecule has 0 saturated carbocycles. The Bertz CT molecular complexity index is 650. The molecular formula is C14H10F2N2O. The van der Waals surface area contributed by atoms with E-state index in [4.69, 9.17) is 10.00 Å². The number of ether oxygens (including phenoxy) is 1. The van der Waals surface area contributed by atoms with Crippen molar-refractivity contribution in [1.29, 1.82) is 5.26 Å². The standard InChI is InChI=1S/C14H10F2N2O/c1-19-14-5-3-11(7-12(14)16)18-13-4-2-10(15)6-9(13)8-17/h2-7,18H,1H3. The van der Waals surface area contributed by atoms with Crippen molar-refractivity contribution in [3.05, 3.63) is 53.6 Å². The molecule has 0 spiro atoms. The van der Waals surface area contributed by atoms with Crippen LogP contribution in [0.4, 0.5) is 20.2 Å². The number of nitrogens with zero attached hydrogens (tertiary/aromatic N) is 1. The van der Waals surface area contributed by atoms with E-state index in [0.29, 0.717) is 11.4 Å². The molecule has 0 aliphatic heterocycles. The van der Waals surface area contributed by atoms with Gasteiger partial charge in [-0.05, 0) is 30.3 Å². The number of benzene rings is 2. The Morgan fingerprint density at radius 1 is 1.16 bits per heavy atom. The predicted octanol–water partition coefficient (Wildman–Crippen LogP) is 3.59. The third-order valence-corrected chi connectivity index (χ3v) is 2.53. The maximum absolute atomic E-state index is 13.5. The van der Waals surface area contributed by atoms with Crippen LogP contribution in [0.3, 0.4) is 0 Å². The molecule has 5 heteroatoms. The first-order valence-electron chi connectivity index (χ1n) is 5.44. The number of methoxy groups -OCH3 is 1. The molecule has 0 saturated heterocycles. The lowest BCUT2D eigenvalue weighted by Gasteiger charge is -2.09. The van der Waals surface area contributed by atoms with E-state index in [2.05, 4.69) is 5.32 Å². The Labute approximate surface area is 109 Å². The van der Waals surface area contributed by atoms with Gasteiger partial charge >= 0.3 is 0 Å². The van der Waals surface area contributed by atoms with E-state index in [9.17, 15) is 8.78 Å². The van der Waals surface area contributed by atoms with E-state index in [1.807, 2.05) is 6.07 Å². The van der Waals surface area contributed by atoms with Crippen LogP contribution >= 0.6 is 0 Å². The molecule has 19 heavy (non-hydrogen) atoms. The first-order chi connectivity index (χ1) is 9.13. The summed E-state index contributed by atoms with van der Waals surface area (Å²) in [6.07, 6.45) is 0. The molecule has 0 aliphatic rings. The average molecular weight is 260 g/mol. The molecule has 0 amide bonds. The van der Waals surface area contributed by atoms with Crippen molar-refractivity contribution in [3.63, 3.8) is 0 Å². The maximum atomic E-state index is 13.5. The first kappa shape index (κ1) is 12.8. The van der Waals surface area contributed by atoms with E-state index < -0.39 is 11.6 Å². The lowest BCUT2D eigenvalue weighted by molar-refractivity contribution is 0.386. The van der Waals surface area contributed by atoms with Crippen molar-refractivity contribution in [1.82, 2.24) is 0 Å². The van der Waals surface area contributed by atoms with Gasteiger partial charge in [-0.2, -0.15) is 5.26 Å². The largest absolute Gasteiger partial charge is 0.494 e. The second-order valence-corrected chi connectivity index (χ2v) is 3.78. The zero-order valence-electron chi connectivity index (χ0n) is 10.1. The summed E-state index contributed by atoms with van der Waals surface area (Å²) in [4.78, 5) is 0. The molecule has 0 aliphatic carbocycles. The van der Waals surface area contributed by atoms with Crippen LogP contribution in [0.5, 0.6) is 5.75 Å². The first-order valence-corrected chi connectivity index (χ1v) is 5.44. The highest BCUT2D eigenvalue weighted by Crippen LogP contribution is 2.25. The van der Waals surface area contributed by atoms with Gasteiger partial charge in [0, 0.05) is 11.8 Å². The van der Waals surface area contributed by atoms with E-state index in [-0.39, 0.29) is 11.3 Å². The van der Waals surface area contributed by atoms with Crippen molar-refractivity contribution < 1.29 is 13.5 Å². The van der Waals surface area contributed by atoms with Crippen molar-refractivity contribution in [2.24, 2.45) is 0 Å². The van der Waals surface area contributed by atoms with Gasteiger partial charge in [0.15, 0.2) is 11.6 Å². The van der Waals surface area contributed by atoms with Crippen molar-refractivity contribution in [3.8, 4) is 11.8 Å². The summed E-state index contributed by atoms with van der Waals surface area (Å²) in [6.45, 7) is 0. The summed E-state index contributed by atoms with van der Waals surface area (Å²) >= 11 is 0. The van der Waals surface area contributed by atoms with Crippen LogP contribution in [0.25, 0.3) is 0 Å². The number of hydrogen-bond acceptors (Lipinski definition) is 3. The van der Waals surface area contributed by atoms with Gasteiger partial charge < -0.3 is 10.1 Å². The lowest BCUT2D eigenvalue weighted by atomic mass is 10.2. The van der Waals surface area contributed by atoms with Crippen LogP contribution in [0, 0.1) is 23.0 Å². The van der Waals surface area contributed by atoms with Gasteiger partial charge in [0.05, 0.1) is 18.4 Å². The van der Waals surface area contributed by atoms with Gasteiger partial charge in [0.2, 0.25) is 0 Å².